The average molecular weight is 275 g/mol. The summed E-state index contributed by atoms with van der Waals surface area (Å²) in [6, 6.07) is 0. The van der Waals surface area contributed by atoms with Gasteiger partial charge in [-0.1, -0.05) is 13.8 Å². The van der Waals surface area contributed by atoms with Gasteiger partial charge in [0.25, 0.3) is 0 Å². The van der Waals surface area contributed by atoms with E-state index in [4.69, 9.17) is 19.9 Å². The molecular formula is C14H29NO4. The number of carbonyl (C=O) groups is 1. The highest BCUT2D eigenvalue weighted by Crippen LogP contribution is 2.14. The molecule has 0 aliphatic carbocycles. The lowest BCUT2D eigenvalue weighted by molar-refractivity contribution is -0.146. The van der Waals surface area contributed by atoms with Crippen molar-refractivity contribution in [2.75, 3.05) is 40.1 Å². The van der Waals surface area contributed by atoms with E-state index in [1.54, 1.807) is 7.11 Å². The Kier molecular flexibility index (Phi) is 12.0. The summed E-state index contributed by atoms with van der Waals surface area (Å²) in [5.74, 6) is 0.581. The maximum atomic E-state index is 11.6. The minimum atomic E-state index is -0.184. The Bertz CT molecular complexity index is 221. The lowest BCUT2D eigenvalue weighted by Gasteiger charge is -2.16. The molecule has 0 bridgehead atoms. The second-order valence-electron chi connectivity index (χ2n) is 5.11. The predicted molar refractivity (Wildman–Crippen MR) is 74.9 cm³/mol. The molecule has 0 aromatic carbocycles. The largest absolute Gasteiger partial charge is 0.463 e. The second kappa shape index (κ2) is 12.4. The Labute approximate surface area is 116 Å². The van der Waals surface area contributed by atoms with E-state index in [0.717, 1.165) is 12.8 Å². The van der Waals surface area contributed by atoms with Crippen LogP contribution in [-0.4, -0.2) is 46.1 Å². The lowest BCUT2D eigenvalue weighted by Crippen LogP contribution is -2.22. The number of hydrogen-bond acceptors (Lipinski definition) is 5. The SMILES string of the molecule is COCCCOCCOC(=O)CC(CN)CC(C)C. The Morgan fingerprint density at radius 3 is 2.47 bits per heavy atom. The van der Waals surface area contributed by atoms with E-state index < -0.39 is 0 Å². The standard InChI is InChI=1S/C14H29NO4/c1-12(2)9-13(11-15)10-14(16)19-8-7-18-6-4-5-17-3/h12-13H,4-11,15H2,1-3H3. The van der Waals surface area contributed by atoms with Crippen LogP contribution in [-0.2, 0) is 19.0 Å². The molecule has 0 fully saturated rings. The molecule has 114 valence electrons. The molecule has 1 unspecified atom stereocenters. The van der Waals surface area contributed by atoms with Gasteiger partial charge in [0.2, 0.25) is 0 Å². The number of nitrogens with two attached hydrogens (primary N) is 1. The first-order valence-corrected chi connectivity index (χ1v) is 7.02. The highest BCUT2D eigenvalue weighted by atomic mass is 16.6. The number of esters is 1. The summed E-state index contributed by atoms with van der Waals surface area (Å²) in [6.45, 7) is 6.85. The molecule has 0 heterocycles. The van der Waals surface area contributed by atoms with Gasteiger partial charge in [-0.2, -0.15) is 0 Å². The highest BCUT2D eigenvalue weighted by Gasteiger charge is 2.14. The van der Waals surface area contributed by atoms with E-state index in [2.05, 4.69) is 13.8 Å². The first-order valence-electron chi connectivity index (χ1n) is 7.02. The molecular weight excluding hydrogens is 246 g/mol. The molecule has 0 saturated carbocycles. The van der Waals surface area contributed by atoms with Gasteiger partial charge in [-0.05, 0) is 31.2 Å². The lowest BCUT2D eigenvalue weighted by atomic mass is 9.94. The smallest absolute Gasteiger partial charge is 0.306 e. The van der Waals surface area contributed by atoms with Gasteiger partial charge in [-0.15, -0.1) is 0 Å². The van der Waals surface area contributed by atoms with Crippen LogP contribution >= 0.6 is 0 Å². The first-order chi connectivity index (χ1) is 9.10. The zero-order chi connectivity index (χ0) is 14.5. The molecule has 19 heavy (non-hydrogen) atoms. The normalized spacial score (nSPS) is 12.7. The maximum Gasteiger partial charge on any atom is 0.306 e. The topological polar surface area (TPSA) is 70.8 Å². The van der Waals surface area contributed by atoms with E-state index in [9.17, 15) is 4.79 Å². The molecule has 0 radical (unpaired) electrons. The number of ether oxygens (including phenoxy) is 3. The van der Waals surface area contributed by atoms with Gasteiger partial charge in [-0.25, -0.2) is 0 Å². The minimum Gasteiger partial charge on any atom is -0.463 e. The van der Waals surface area contributed by atoms with Crippen LogP contribution in [0.15, 0.2) is 0 Å². The van der Waals surface area contributed by atoms with Crippen LogP contribution < -0.4 is 5.73 Å². The van der Waals surface area contributed by atoms with Crippen LogP contribution in [0.4, 0.5) is 0 Å². The van der Waals surface area contributed by atoms with Crippen LogP contribution in [0.3, 0.4) is 0 Å². The molecule has 0 spiro atoms. The van der Waals surface area contributed by atoms with Crippen molar-refractivity contribution >= 4 is 5.97 Å². The zero-order valence-electron chi connectivity index (χ0n) is 12.5. The van der Waals surface area contributed by atoms with Crippen molar-refractivity contribution in [2.24, 2.45) is 17.6 Å². The fraction of sp³-hybridized carbons (Fsp3) is 0.929. The molecule has 5 heteroatoms. The van der Waals surface area contributed by atoms with Crippen molar-refractivity contribution in [2.45, 2.75) is 33.1 Å². The summed E-state index contributed by atoms with van der Waals surface area (Å²) in [5.41, 5.74) is 5.65. The minimum absolute atomic E-state index is 0.184. The molecule has 5 nitrogen and oxygen atoms in total. The maximum absolute atomic E-state index is 11.6. The van der Waals surface area contributed by atoms with Crippen molar-refractivity contribution < 1.29 is 19.0 Å². The second-order valence-corrected chi connectivity index (χ2v) is 5.11. The quantitative estimate of drug-likeness (QED) is 0.432. The predicted octanol–water partition coefficient (Wildman–Crippen LogP) is 1.59. The van der Waals surface area contributed by atoms with E-state index >= 15 is 0 Å². The number of hydrogen-bond donors (Lipinski definition) is 1. The summed E-state index contributed by atoms with van der Waals surface area (Å²) in [4.78, 5) is 11.6. The third-order valence-corrected chi connectivity index (χ3v) is 2.72. The van der Waals surface area contributed by atoms with Gasteiger partial charge in [0.15, 0.2) is 0 Å². The van der Waals surface area contributed by atoms with Crippen LogP contribution in [0.25, 0.3) is 0 Å². The Morgan fingerprint density at radius 1 is 1.16 bits per heavy atom. The van der Waals surface area contributed by atoms with Gasteiger partial charge in [-0.3, -0.25) is 4.79 Å². The van der Waals surface area contributed by atoms with Crippen molar-refractivity contribution in [1.29, 1.82) is 0 Å². The third-order valence-electron chi connectivity index (χ3n) is 2.72. The fourth-order valence-electron chi connectivity index (χ4n) is 1.85. The first kappa shape index (κ1) is 18.4. The van der Waals surface area contributed by atoms with E-state index in [0.29, 0.717) is 45.3 Å². The molecule has 0 aliphatic rings. The molecule has 0 amide bonds. The molecule has 0 aromatic heterocycles. The van der Waals surface area contributed by atoms with Crippen molar-refractivity contribution in [1.82, 2.24) is 0 Å². The Hall–Kier alpha value is -0.650. The summed E-state index contributed by atoms with van der Waals surface area (Å²) >= 11 is 0. The highest BCUT2D eigenvalue weighted by molar-refractivity contribution is 5.69. The third kappa shape index (κ3) is 12.1. The number of rotatable bonds is 12. The molecule has 0 aromatic rings. The van der Waals surface area contributed by atoms with Crippen molar-refractivity contribution in [3.05, 3.63) is 0 Å². The Morgan fingerprint density at radius 2 is 1.89 bits per heavy atom. The van der Waals surface area contributed by atoms with E-state index in [1.807, 2.05) is 0 Å². The summed E-state index contributed by atoms with van der Waals surface area (Å²) in [6.07, 6.45) is 2.21. The van der Waals surface area contributed by atoms with E-state index in [-0.39, 0.29) is 11.9 Å². The average Bonchev–Trinajstić information content (AvgIpc) is 2.36. The van der Waals surface area contributed by atoms with Gasteiger partial charge >= 0.3 is 5.97 Å². The molecule has 0 aliphatic heterocycles. The van der Waals surface area contributed by atoms with Crippen molar-refractivity contribution in [3.8, 4) is 0 Å². The molecule has 2 N–H and O–H groups in total. The van der Waals surface area contributed by atoms with Gasteiger partial charge in [0.1, 0.15) is 6.61 Å². The molecule has 1 atom stereocenters. The number of carbonyl (C=O) groups excluding carboxylic acids is 1. The van der Waals surface area contributed by atoms with Crippen LogP contribution in [0.1, 0.15) is 33.1 Å². The van der Waals surface area contributed by atoms with Gasteiger partial charge < -0.3 is 19.9 Å². The monoisotopic (exact) mass is 275 g/mol. The summed E-state index contributed by atoms with van der Waals surface area (Å²) < 4.78 is 15.3. The summed E-state index contributed by atoms with van der Waals surface area (Å²) in [7, 11) is 1.66. The van der Waals surface area contributed by atoms with Crippen LogP contribution in [0, 0.1) is 11.8 Å². The number of methoxy groups -OCH3 is 1. The van der Waals surface area contributed by atoms with E-state index in [1.165, 1.54) is 0 Å². The fourth-order valence-corrected chi connectivity index (χ4v) is 1.85. The van der Waals surface area contributed by atoms with Crippen molar-refractivity contribution in [3.63, 3.8) is 0 Å². The molecule has 0 saturated heterocycles. The van der Waals surface area contributed by atoms with Crippen LogP contribution in [0.5, 0.6) is 0 Å². The Balaban J connectivity index is 3.52. The zero-order valence-corrected chi connectivity index (χ0v) is 12.5. The van der Waals surface area contributed by atoms with Gasteiger partial charge in [0.05, 0.1) is 6.61 Å². The van der Waals surface area contributed by atoms with Gasteiger partial charge in [0, 0.05) is 26.7 Å². The van der Waals surface area contributed by atoms with Crippen LogP contribution in [0.2, 0.25) is 0 Å². The summed E-state index contributed by atoms with van der Waals surface area (Å²) in [5, 5.41) is 0. The molecule has 0 rings (SSSR count).